The van der Waals surface area contributed by atoms with Crippen molar-refractivity contribution in [2.24, 2.45) is 0 Å². The molecule has 0 radical (unpaired) electrons. The van der Waals surface area contributed by atoms with E-state index in [1.165, 1.54) is 64.3 Å². The lowest BCUT2D eigenvalue weighted by molar-refractivity contribution is 0.146. The van der Waals surface area contributed by atoms with Gasteiger partial charge < -0.3 is 10.6 Å². The van der Waals surface area contributed by atoms with Gasteiger partial charge in [0.1, 0.15) is 0 Å². The van der Waals surface area contributed by atoms with Crippen LogP contribution in [0.5, 0.6) is 0 Å². The fraction of sp³-hybridized carbons (Fsp3) is 1.00. The quantitative estimate of drug-likeness (QED) is 0.602. The Morgan fingerprint density at radius 3 is 1.90 bits per heavy atom. The zero-order chi connectivity index (χ0) is 15.1. The predicted octanol–water partition coefficient (Wildman–Crippen LogP) is 4.64. The van der Waals surface area contributed by atoms with Crippen LogP contribution in [0.4, 0.5) is 0 Å². The molecule has 0 bridgehead atoms. The minimum Gasteiger partial charge on any atom is -0.314 e. The van der Waals surface area contributed by atoms with Gasteiger partial charge in [-0.25, -0.2) is 0 Å². The number of hydrogen-bond donors (Lipinski definition) is 2. The van der Waals surface area contributed by atoms with Crippen molar-refractivity contribution in [2.75, 3.05) is 6.54 Å². The van der Waals surface area contributed by atoms with Crippen molar-refractivity contribution in [1.29, 1.82) is 0 Å². The van der Waals surface area contributed by atoms with E-state index in [0.29, 0.717) is 6.04 Å². The van der Waals surface area contributed by atoms with Crippen LogP contribution >= 0.6 is 0 Å². The van der Waals surface area contributed by atoms with E-state index in [1.54, 1.807) is 0 Å². The molecule has 1 aliphatic heterocycles. The summed E-state index contributed by atoms with van der Waals surface area (Å²) in [5.74, 6) is 0. The smallest absolute Gasteiger partial charge is 0.0144 e. The number of nitrogens with one attached hydrogen (secondary N) is 2. The second kappa shape index (κ2) is 8.38. The van der Waals surface area contributed by atoms with Gasteiger partial charge in [-0.05, 0) is 53.5 Å². The van der Waals surface area contributed by atoms with Gasteiger partial charge in [0, 0.05) is 17.1 Å². The van der Waals surface area contributed by atoms with Gasteiger partial charge in [0.2, 0.25) is 0 Å². The van der Waals surface area contributed by atoms with Gasteiger partial charge in [-0.1, -0.05) is 45.4 Å². The van der Waals surface area contributed by atoms with Crippen LogP contribution < -0.4 is 10.6 Å². The Bertz CT molecular complexity index is 242. The summed E-state index contributed by atoms with van der Waals surface area (Å²) < 4.78 is 0. The molecule has 0 amide bonds. The molecule has 1 heterocycles. The molecule has 0 unspecified atom stereocenters. The van der Waals surface area contributed by atoms with Crippen molar-refractivity contribution >= 4 is 0 Å². The van der Waals surface area contributed by atoms with Gasteiger partial charge in [0.15, 0.2) is 0 Å². The first kappa shape index (κ1) is 18.0. The van der Waals surface area contributed by atoms with E-state index in [1.807, 2.05) is 0 Å². The molecular formula is C18H38N2. The van der Waals surface area contributed by atoms with Gasteiger partial charge >= 0.3 is 0 Å². The molecule has 0 aromatic rings. The molecule has 1 aliphatic rings. The van der Waals surface area contributed by atoms with Crippen molar-refractivity contribution in [2.45, 2.75) is 110 Å². The van der Waals surface area contributed by atoms with Crippen molar-refractivity contribution in [1.82, 2.24) is 10.6 Å². The lowest BCUT2D eigenvalue weighted by atomic mass is 9.79. The molecule has 120 valence electrons. The summed E-state index contributed by atoms with van der Waals surface area (Å²) in [6.07, 6.45) is 12.3. The Morgan fingerprint density at radius 2 is 1.35 bits per heavy atom. The molecule has 1 fully saturated rings. The SMILES string of the molecule is CCCCCCCCCNC1CC(C)(C)NC(C)(C)C1. The van der Waals surface area contributed by atoms with E-state index in [2.05, 4.69) is 45.3 Å². The van der Waals surface area contributed by atoms with Crippen LogP contribution in [0, 0.1) is 0 Å². The van der Waals surface area contributed by atoms with Crippen LogP contribution in [-0.2, 0) is 0 Å². The predicted molar refractivity (Wildman–Crippen MR) is 90.3 cm³/mol. The zero-order valence-electron chi connectivity index (χ0n) is 14.6. The number of rotatable bonds is 9. The lowest BCUT2D eigenvalue weighted by Gasteiger charge is -2.46. The number of hydrogen-bond acceptors (Lipinski definition) is 2. The minimum absolute atomic E-state index is 0.263. The second-order valence-corrected chi connectivity index (χ2v) is 8.07. The summed E-state index contributed by atoms with van der Waals surface area (Å²) in [7, 11) is 0. The molecule has 0 aliphatic carbocycles. The maximum Gasteiger partial charge on any atom is 0.0144 e. The molecular weight excluding hydrogens is 244 g/mol. The van der Waals surface area contributed by atoms with Gasteiger partial charge in [0.05, 0.1) is 0 Å². The Balaban J connectivity index is 2.09. The first-order valence-electron chi connectivity index (χ1n) is 8.87. The molecule has 2 nitrogen and oxygen atoms in total. The van der Waals surface area contributed by atoms with Gasteiger partial charge in [0.25, 0.3) is 0 Å². The van der Waals surface area contributed by atoms with Crippen LogP contribution in [0.15, 0.2) is 0 Å². The van der Waals surface area contributed by atoms with Crippen LogP contribution in [0.25, 0.3) is 0 Å². The molecule has 1 rings (SSSR count). The summed E-state index contributed by atoms with van der Waals surface area (Å²) in [5.41, 5.74) is 0.527. The standard InChI is InChI=1S/C18H38N2/c1-6-7-8-9-10-11-12-13-19-16-14-17(2,3)20-18(4,5)15-16/h16,19-20H,6-15H2,1-5H3. The molecule has 0 aromatic heterocycles. The van der Waals surface area contributed by atoms with E-state index in [0.717, 1.165) is 0 Å². The Hall–Kier alpha value is -0.0800. The fourth-order valence-electron chi connectivity index (χ4n) is 3.85. The summed E-state index contributed by atoms with van der Waals surface area (Å²) in [6.45, 7) is 12.8. The highest BCUT2D eigenvalue weighted by atomic mass is 15.1. The third-order valence-corrected chi connectivity index (χ3v) is 4.40. The highest BCUT2D eigenvalue weighted by molar-refractivity contribution is 4.99. The summed E-state index contributed by atoms with van der Waals surface area (Å²) in [5, 5.41) is 7.55. The lowest BCUT2D eigenvalue weighted by Crippen LogP contribution is -2.61. The van der Waals surface area contributed by atoms with Crippen LogP contribution in [0.2, 0.25) is 0 Å². The van der Waals surface area contributed by atoms with E-state index in [-0.39, 0.29) is 11.1 Å². The van der Waals surface area contributed by atoms with E-state index >= 15 is 0 Å². The third kappa shape index (κ3) is 7.64. The molecule has 0 atom stereocenters. The maximum atomic E-state index is 3.79. The summed E-state index contributed by atoms with van der Waals surface area (Å²) in [4.78, 5) is 0. The molecule has 20 heavy (non-hydrogen) atoms. The number of piperidine rings is 1. The molecule has 2 heteroatoms. The molecule has 0 aromatic carbocycles. The van der Waals surface area contributed by atoms with Gasteiger partial charge in [-0.2, -0.15) is 0 Å². The molecule has 0 spiro atoms. The van der Waals surface area contributed by atoms with Crippen LogP contribution in [0.1, 0.15) is 92.4 Å². The van der Waals surface area contributed by atoms with Gasteiger partial charge in [-0.15, -0.1) is 0 Å². The number of unbranched alkanes of at least 4 members (excludes halogenated alkanes) is 6. The average Bonchev–Trinajstić information content (AvgIpc) is 2.28. The minimum atomic E-state index is 0.263. The van der Waals surface area contributed by atoms with E-state index in [9.17, 15) is 0 Å². The Labute approximate surface area is 127 Å². The topological polar surface area (TPSA) is 24.1 Å². The van der Waals surface area contributed by atoms with Crippen LogP contribution in [0.3, 0.4) is 0 Å². The average molecular weight is 283 g/mol. The normalized spacial score (nSPS) is 22.1. The third-order valence-electron chi connectivity index (χ3n) is 4.40. The van der Waals surface area contributed by atoms with Crippen molar-refractivity contribution in [3.63, 3.8) is 0 Å². The highest BCUT2D eigenvalue weighted by Gasteiger charge is 2.37. The van der Waals surface area contributed by atoms with E-state index < -0.39 is 0 Å². The van der Waals surface area contributed by atoms with E-state index in [4.69, 9.17) is 0 Å². The first-order chi connectivity index (χ1) is 9.35. The van der Waals surface area contributed by atoms with Crippen molar-refractivity contribution in [3.05, 3.63) is 0 Å². The van der Waals surface area contributed by atoms with Gasteiger partial charge in [-0.3, -0.25) is 0 Å². The zero-order valence-corrected chi connectivity index (χ0v) is 14.6. The largest absolute Gasteiger partial charge is 0.314 e. The maximum absolute atomic E-state index is 3.79. The highest BCUT2D eigenvalue weighted by Crippen LogP contribution is 2.28. The first-order valence-corrected chi connectivity index (χ1v) is 8.87. The fourth-order valence-corrected chi connectivity index (χ4v) is 3.85. The van der Waals surface area contributed by atoms with Crippen LogP contribution in [-0.4, -0.2) is 23.7 Å². The molecule has 2 N–H and O–H groups in total. The second-order valence-electron chi connectivity index (χ2n) is 8.07. The molecule has 1 saturated heterocycles. The monoisotopic (exact) mass is 282 g/mol. The summed E-state index contributed by atoms with van der Waals surface area (Å²) in [6, 6.07) is 0.682. The molecule has 0 saturated carbocycles. The Morgan fingerprint density at radius 1 is 0.850 bits per heavy atom. The van der Waals surface area contributed by atoms with Crippen molar-refractivity contribution < 1.29 is 0 Å². The Kier molecular flexibility index (Phi) is 7.53. The van der Waals surface area contributed by atoms with Crippen molar-refractivity contribution in [3.8, 4) is 0 Å². The summed E-state index contributed by atoms with van der Waals surface area (Å²) >= 11 is 0.